The van der Waals surface area contributed by atoms with Crippen LogP contribution < -0.4 is 20.4 Å². The van der Waals surface area contributed by atoms with Crippen LogP contribution in [0.25, 0.3) is 0 Å². The van der Waals surface area contributed by atoms with Gasteiger partial charge in [0.2, 0.25) is 23.6 Å². The molecule has 576 valence electrons. The van der Waals surface area contributed by atoms with Gasteiger partial charge in [0.05, 0.1) is 55.1 Å². The summed E-state index contributed by atoms with van der Waals surface area (Å²) in [6, 6.07) is 45.0. The standard InChI is InChI=1S/2C40H49Cl2N5O4.2ClH.2H2S/c2*1-7-47(30-14-9-8-10-15-30)36(50)35(49)45(6)40(27-44(5)37(51)38(2,3)4,29-17-18-32(41)33(42)26-29)21-24-46-22-19-39(20-23-46)31-16-12-11-13-28(31)25-34(48)43-39;;;;/h2*8-18,26H,7,19-25,27H2,1-6H3,(H,43,48);2*1H;2*1H2/t2*40-;;;;/m11..../s1. The highest BCUT2D eigenvalue weighted by molar-refractivity contribution is 7.59. The van der Waals surface area contributed by atoms with Crippen molar-refractivity contribution in [1.82, 2.24) is 40.0 Å². The Morgan fingerprint density at radius 1 is 0.443 bits per heavy atom. The van der Waals surface area contributed by atoms with Gasteiger partial charge in [0, 0.05) is 116 Å². The molecule has 10 rings (SSSR count). The number of fused-ring (bicyclic) bond motifs is 4. The van der Waals surface area contributed by atoms with Crippen molar-refractivity contribution in [3.8, 4) is 0 Å². The maximum absolute atomic E-state index is 14.5. The molecule has 6 aromatic rings. The number of likely N-dealkylation sites (N-methyl/N-ethyl adjacent to an activating group) is 6. The Morgan fingerprint density at radius 2 is 0.755 bits per heavy atom. The largest absolute Gasteiger partial charge is 0.346 e. The molecular formula is C80H104Cl6N10O8S2. The average molecular weight is 1610 g/mol. The summed E-state index contributed by atoms with van der Waals surface area (Å²) in [5.41, 5.74) is 2.48. The van der Waals surface area contributed by atoms with E-state index in [0.717, 1.165) is 36.8 Å². The first-order valence-corrected chi connectivity index (χ1v) is 36.7. The minimum Gasteiger partial charge on any atom is -0.346 e. The number of likely N-dealkylation sites (tertiary alicyclic amines) is 2. The summed E-state index contributed by atoms with van der Waals surface area (Å²) < 4.78 is 0. The molecule has 2 atom stereocenters. The first kappa shape index (κ1) is 90.1. The van der Waals surface area contributed by atoms with Gasteiger partial charge in [0.15, 0.2) is 0 Å². The number of nitrogens with one attached hydrogen (secondary N) is 2. The van der Waals surface area contributed by atoms with Crippen molar-refractivity contribution in [2.75, 3.05) is 103 Å². The summed E-state index contributed by atoms with van der Waals surface area (Å²) in [5, 5.41) is 7.96. The van der Waals surface area contributed by atoms with Gasteiger partial charge in [0.1, 0.15) is 0 Å². The van der Waals surface area contributed by atoms with E-state index in [-0.39, 0.29) is 88.5 Å². The molecule has 4 aliphatic rings. The van der Waals surface area contributed by atoms with Gasteiger partial charge in [-0.25, -0.2) is 0 Å². The second kappa shape index (κ2) is 37.7. The minimum absolute atomic E-state index is 0. The monoisotopic (exact) mass is 1610 g/mol. The van der Waals surface area contributed by atoms with Crippen molar-refractivity contribution < 1.29 is 38.4 Å². The third-order valence-corrected chi connectivity index (χ3v) is 22.5. The van der Waals surface area contributed by atoms with Gasteiger partial charge in [-0.1, -0.05) is 185 Å². The number of para-hydroxylation sites is 2. The van der Waals surface area contributed by atoms with Gasteiger partial charge in [-0.15, -0.1) is 24.8 Å². The van der Waals surface area contributed by atoms with Crippen LogP contribution in [0.5, 0.6) is 0 Å². The molecule has 2 N–H and O–H groups in total. The Morgan fingerprint density at radius 3 is 1.06 bits per heavy atom. The number of amides is 8. The van der Waals surface area contributed by atoms with Crippen molar-refractivity contribution in [2.45, 2.75) is 129 Å². The first-order chi connectivity index (χ1) is 48.2. The minimum atomic E-state index is -1.17. The quantitative estimate of drug-likeness (QED) is 0.0784. The van der Waals surface area contributed by atoms with E-state index in [2.05, 4.69) is 32.6 Å². The fraction of sp³-hybridized carbons (Fsp3) is 0.450. The summed E-state index contributed by atoms with van der Waals surface area (Å²) in [4.78, 5) is 124. The molecular weight excluding hydrogens is 1510 g/mol. The molecule has 0 radical (unpaired) electrons. The summed E-state index contributed by atoms with van der Waals surface area (Å²) in [5.74, 6) is -2.90. The number of nitrogens with zero attached hydrogens (tertiary/aromatic N) is 8. The summed E-state index contributed by atoms with van der Waals surface area (Å²) in [6.45, 7) is 19.5. The van der Waals surface area contributed by atoms with Crippen LogP contribution in [-0.4, -0.2) is 170 Å². The smallest absolute Gasteiger partial charge is 0.316 e. The second-order valence-corrected chi connectivity index (χ2v) is 31.4. The van der Waals surface area contributed by atoms with Gasteiger partial charge in [0.25, 0.3) is 0 Å². The van der Waals surface area contributed by atoms with E-state index in [9.17, 15) is 38.4 Å². The van der Waals surface area contributed by atoms with Crippen LogP contribution in [-0.2, 0) is 73.4 Å². The fourth-order valence-corrected chi connectivity index (χ4v) is 16.0. The van der Waals surface area contributed by atoms with Gasteiger partial charge in [-0.05, 0) is 134 Å². The molecule has 0 saturated carbocycles. The van der Waals surface area contributed by atoms with E-state index in [1.54, 1.807) is 86.5 Å². The molecule has 2 fully saturated rings. The number of piperidine rings is 2. The Kier molecular flexibility index (Phi) is 32.0. The molecule has 18 nitrogen and oxygen atoms in total. The normalized spacial score (nSPS) is 16.2. The molecule has 0 unspecified atom stereocenters. The van der Waals surface area contributed by atoms with Crippen LogP contribution in [0.3, 0.4) is 0 Å². The van der Waals surface area contributed by atoms with Gasteiger partial charge in [-0.3, -0.25) is 38.4 Å². The van der Waals surface area contributed by atoms with Crippen molar-refractivity contribution in [1.29, 1.82) is 0 Å². The van der Waals surface area contributed by atoms with Crippen LogP contribution in [0.1, 0.15) is 127 Å². The summed E-state index contributed by atoms with van der Waals surface area (Å²) >= 11 is 26.1. The Hall–Kier alpha value is -6.56. The van der Waals surface area contributed by atoms with Crippen molar-refractivity contribution in [3.05, 3.63) is 199 Å². The molecule has 0 bridgehead atoms. The summed E-state index contributed by atoms with van der Waals surface area (Å²) in [7, 11) is 6.74. The van der Waals surface area contributed by atoms with Crippen molar-refractivity contribution in [3.63, 3.8) is 0 Å². The van der Waals surface area contributed by atoms with E-state index in [0.29, 0.717) is 121 Å². The molecule has 8 amide bonds. The van der Waals surface area contributed by atoms with E-state index < -0.39 is 56.6 Å². The lowest BCUT2D eigenvalue weighted by Gasteiger charge is -2.48. The maximum atomic E-state index is 14.5. The molecule has 26 heteroatoms. The van der Waals surface area contributed by atoms with E-state index in [1.165, 1.54) is 30.7 Å². The number of benzene rings is 6. The molecule has 0 aromatic heterocycles. The Bertz CT molecular complexity index is 3820. The molecule has 106 heavy (non-hydrogen) atoms. The van der Waals surface area contributed by atoms with E-state index in [1.807, 2.05) is 140 Å². The highest BCUT2D eigenvalue weighted by Gasteiger charge is 2.50. The van der Waals surface area contributed by atoms with Crippen LogP contribution in [0.2, 0.25) is 20.1 Å². The topological polar surface area (TPSA) is 187 Å². The van der Waals surface area contributed by atoms with Gasteiger partial charge >= 0.3 is 23.6 Å². The zero-order valence-corrected chi connectivity index (χ0v) is 69.4. The average Bonchev–Trinajstić information content (AvgIpc) is 0.770. The van der Waals surface area contributed by atoms with Gasteiger partial charge in [-0.2, -0.15) is 27.0 Å². The van der Waals surface area contributed by atoms with Crippen LogP contribution in [0.4, 0.5) is 11.4 Å². The molecule has 0 aliphatic carbocycles. The third-order valence-electron chi connectivity index (χ3n) is 21.0. The van der Waals surface area contributed by atoms with Gasteiger partial charge < -0.3 is 49.8 Å². The Balaban J connectivity index is 0.000000367. The highest BCUT2D eigenvalue weighted by atomic mass is 35.5. The maximum Gasteiger partial charge on any atom is 0.316 e. The second-order valence-electron chi connectivity index (χ2n) is 29.8. The predicted octanol–water partition coefficient (Wildman–Crippen LogP) is 13.6. The number of hydrogen-bond acceptors (Lipinski definition) is 10. The van der Waals surface area contributed by atoms with Crippen LogP contribution >= 0.6 is 98.2 Å². The van der Waals surface area contributed by atoms with Crippen LogP contribution in [0.15, 0.2) is 146 Å². The lowest BCUT2D eigenvalue weighted by atomic mass is 9.75. The zero-order chi connectivity index (χ0) is 74.3. The predicted molar refractivity (Wildman–Crippen MR) is 441 cm³/mol. The number of carbonyl (C=O) groups is 8. The fourth-order valence-electron chi connectivity index (χ4n) is 15.4. The SMILES string of the molecule is CCN(C(=O)C(=O)N(C)[C@](CCN1CCC2(CC1)NC(=O)Cc1ccccc12)(CN(C)C(=O)C(C)(C)C)c1ccc(Cl)c(Cl)c1)c1ccccc1.CCN(C(=O)C(=O)N(C)[C@](CCN1CCC2(CC1)NC(=O)Cc1ccccc12)(CN(C)C(=O)C(C)(C)C)c1ccc(Cl)c(Cl)c1)c1ccccc1.Cl.Cl.S.S. The number of rotatable bonds is 18. The number of anilines is 2. The lowest BCUT2D eigenvalue weighted by Crippen LogP contribution is -2.60. The number of halogens is 6. The lowest BCUT2D eigenvalue weighted by molar-refractivity contribution is -0.151. The van der Waals surface area contributed by atoms with E-state index in [4.69, 9.17) is 46.4 Å². The molecule has 2 spiro atoms. The molecule has 6 aromatic carbocycles. The highest BCUT2D eigenvalue weighted by Crippen LogP contribution is 2.44. The first-order valence-electron chi connectivity index (χ1n) is 35.2. The van der Waals surface area contributed by atoms with E-state index >= 15 is 0 Å². The molecule has 2 saturated heterocycles. The zero-order valence-electron chi connectivity index (χ0n) is 62.8. The number of hydrogen-bond donors (Lipinski definition) is 2. The summed E-state index contributed by atoms with van der Waals surface area (Å²) in [6.07, 6.45) is 4.45. The molecule has 4 aliphatic heterocycles. The van der Waals surface area contributed by atoms with Crippen molar-refractivity contribution >= 4 is 157 Å². The molecule has 4 heterocycles. The number of carbonyl (C=O) groups excluding carboxylic acids is 8. The van der Waals surface area contributed by atoms with Crippen molar-refractivity contribution in [2.24, 2.45) is 10.8 Å². The third kappa shape index (κ3) is 19.9. The van der Waals surface area contributed by atoms with Crippen LogP contribution in [0, 0.1) is 10.8 Å². The Labute approximate surface area is 672 Å².